The second-order valence-corrected chi connectivity index (χ2v) is 5.61. The molecule has 0 spiro atoms. The minimum atomic E-state index is -0.0102. The number of phenols is 2. The second kappa shape index (κ2) is 7.45. The Morgan fingerprint density at radius 3 is 2.57 bits per heavy atom. The van der Waals surface area contributed by atoms with Crippen molar-refractivity contribution < 1.29 is 20.1 Å². The molecule has 4 nitrogen and oxygen atoms in total. The number of aromatic hydroxyl groups is 2. The predicted octanol–water partition coefficient (Wildman–Crippen LogP) is 2.94. The number of hydrogen-bond donors (Lipinski definition) is 3. The van der Waals surface area contributed by atoms with Crippen molar-refractivity contribution in [2.75, 3.05) is 19.8 Å². The zero-order valence-corrected chi connectivity index (χ0v) is 12.8. The molecule has 1 heterocycles. The molecule has 0 bridgehead atoms. The molecule has 0 amide bonds. The molecule has 2 rings (SSSR count). The third-order valence-electron chi connectivity index (χ3n) is 3.36. The normalized spacial score (nSPS) is 11.0. The zero-order chi connectivity index (χ0) is 15.2. The van der Waals surface area contributed by atoms with Gasteiger partial charge in [0.25, 0.3) is 0 Å². The van der Waals surface area contributed by atoms with Crippen LogP contribution in [0.3, 0.4) is 0 Å². The lowest BCUT2D eigenvalue weighted by Gasteiger charge is -2.16. The molecule has 2 aromatic rings. The van der Waals surface area contributed by atoms with E-state index >= 15 is 0 Å². The van der Waals surface area contributed by atoms with Crippen molar-refractivity contribution in [1.82, 2.24) is 0 Å². The number of benzene rings is 1. The smallest absolute Gasteiger partial charge is 0.128 e. The monoisotopic (exact) mass is 308 g/mol. The first-order valence-corrected chi connectivity index (χ1v) is 7.86. The van der Waals surface area contributed by atoms with Crippen LogP contribution in [0.4, 0.5) is 0 Å². The molecule has 1 aromatic carbocycles. The topological polar surface area (TPSA) is 69.9 Å². The fourth-order valence-electron chi connectivity index (χ4n) is 2.46. The summed E-state index contributed by atoms with van der Waals surface area (Å²) in [6, 6.07) is 5.30. The minimum absolute atomic E-state index is 0.0102. The molecule has 3 N–H and O–H groups in total. The van der Waals surface area contributed by atoms with E-state index in [1.54, 1.807) is 11.3 Å². The summed E-state index contributed by atoms with van der Waals surface area (Å²) in [5, 5.41) is 31.0. The van der Waals surface area contributed by atoms with Crippen LogP contribution in [0.2, 0.25) is 0 Å². The summed E-state index contributed by atoms with van der Waals surface area (Å²) in [6.45, 7) is 2.70. The van der Waals surface area contributed by atoms with Gasteiger partial charge in [-0.05, 0) is 35.4 Å². The summed E-state index contributed by atoms with van der Waals surface area (Å²) in [6.07, 6.45) is 1.26. The summed E-state index contributed by atoms with van der Waals surface area (Å²) in [5.41, 5.74) is 2.52. The van der Waals surface area contributed by atoms with E-state index in [1.165, 1.54) is 6.07 Å². The van der Waals surface area contributed by atoms with Crippen LogP contribution in [0.1, 0.15) is 18.1 Å². The first-order chi connectivity index (χ1) is 10.2. The molecule has 0 atom stereocenters. The van der Waals surface area contributed by atoms with Gasteiger partial charge in [-0.3, -0.25) is 0 Å². The van der Waals surface area contributed by atoms with Crippen molar-refractivity contribution in [2.24, 2.45) is 0 Å². The molecule has 0 aliphatic carbocycles. The number of thiophene rings is 1. The van der Waals surface area contributed by atoms with Crippen molar-refractivity contribution in [3.8, 4) is 21.9 Å². The van der Waals surface area contributed by atoms with Crippen LogP contribution in [0.25, 0.3) is 10.4 Å². The number of phenolic OH excluding ortho intramolecular Hbond substituents is 2. The standard InChI is InChI=1S/C16H20O4S/c1-2-11-12(5-7-20-8-6-17)16(14(19)10-13(11)18)15-4-3-9-21-15/h3-4,9-10,17-19H,2,5-8H2,1H3. The highest BCUT2D eigenvalue weighted by Gasteiger charge is 2.18. The van der Waals surface area contributed by atoms with Gasteiger partial charge in [0.05, 0.1) is 19.8 Å². The average molecular weight is 308 g/mol. The van der Waals surface area contributed by atoms with Crippen molar-refractivity contribution in [3.63, 3.8) is 0 Å². The number of ether oxygens (including phenoxy) is 1. The molecular weight excluding hydrogens is 288 g/mol. The summed E-state index contributed by atoms with van der Waals surface area (Å²) >= 11 is 1.55. The lowest BCUT2D eigenvalue weighted by atomic mass is 9.94. The van der Waals surface area contributed by atoms with Crippen molar-refractivity contribution in [1.29, 1.82) is 0 Å². The molecule has 0 aliphatic rings. The van der Waals surface area contributed by atoms with Crippen LogP contribution >= 0.6 is 11.3 Å². The molecule has 21 heavy (non-hydrogen) atoms. The molecule has 0 fully saturated rings. The summed E-state index contributed by atoms with van der Waals surface area (Å²) in [5.74, 6) is 0.205. The lowest BCUT2D eigenvalue weighted by Crippen LogP contribution is -2.06. The van der Waals surface area contributed by atoms with Crippen LogP contribution in [-0.4, -0.2) is 35.1 Å². The van der Waals surface area contributed by atoms with Gasteiger partial charge >= 0.3 is 0 Å². The van der Waals surface area contributed by atoms with Crippen molar-refractivity contribution in [2.45, 2.75) is 19.8 Å². The predicted molar refractivity (Wildman–Crippen MR) is 84.1 cm³/mol. The van der Waals surface area contributed by atoms with E-state index in [2.05, 4.69) is 0 Å². The molecule has 1 aromatic heterocycles. The third kappa shape index (κ3) is 3.56. The Hall–Kier alpha value is -1.56. The molecule has 0 saturated carbocycles. The van der Waals surface area contributed by atoms with Crippen LogP contribution in [0.15, 0.2) is 23.6 Å². The van der Waals surface area contributed by atoms with Gasteiger partial charge in [0.2, 0.25) is 0 Å². The fourth-order valence-corrected chi connectivity index (χ4v) is 3.26. The number of hydrogen-bond acceptors (Lipinski definition) is 5. The maximum absolute atomic E-state index is 10.2. The maximum atomic E-state index is 10.2. The molecule has 0 radical (unpaired) electrons. The van der Waals surface area contributed by atoms with E-state index in [9.17, 15) is 10.2 Å². The lowest BCUT2D eigenvalue weighted by molar-refractivity contribution is 0.0943. The Kier molecular flexibility index (Phi) is 5.61. The highest BCUT2D eigenvalue weighted by molar-refractivity contribution is 7.13. The Morgan fingerprint density at radius 2 is 1.95 bits per heavy atom. The van der Waals surface area contributed by atoms with Gasteiger partial charge in [-0.15, -0.1) is 11.3 Å². The van der Waals surface area contributed by atoms with Crippen molar-refractivity contribution >= 4 is 11.3 Å². The second-order valence-electron chi connectivity index (χ2n) is 4.66. The summed E-state index contributed by atoms with van der Waals surface area (Å²) < 4.78 is 5.33. The minimum Gasteiger partial charge on any atom is -0.508 e. The molecular formula is C16H20O4S. The zero-order valence-electron chi connectivity index (χ0n) is 12.0. The number of aliphatic hydroxyl groups is 1. The molecule has 0 saturated heterocycles. The SMILES string of the molecule is CCc1c(O)cc(O)c(-c2cccs2)c1CCOCCO. The van der Waals surface area contributed by atoms with E-state index in [1.807, 2.05) is 24.4 Å². The first kappa shape index (κ1) is 15.8. The number of aliphatic hydroxyl groups excluding tert-OH is 1. The van der Waals surface area contributed by atoms with E-state index in [0.717, 1.165) is 21.6 Å². The Bertz CT molecular complexity index is 578. The van der Waals surface area contributed by atoms with Gasteiger partial charge in [0.15, 0.2) is 0 Å². The van der Waals surface area contributed by atoms with Gasteiger partial charge in [-0.2, -0.15) is 0 Å². The Labute approximate surface area is 128 Å². The largest absolute Gasteiger partial charge is 0.508 e. The van der Waals surface area contributed by atoms with Crippen molar-refractivity contribution in [3.05, 3.63) is 34.7 Å². The van der Waals surface area contributed by atoms with Crippen LogP contribution < -0.4 is 0 Å². The van der Waals surface area contributed by atoms with Gasteiger partial charge < -0.3 is 20.1 Å². The van der Waals surface area contributed by atoms with E-state index < -0.39 is 0 Å². The highest BCUT2D eigenvalue weighted by Crippen LogP contribution is 2.41. The van der Waals surface area contributed by atoms with Gasteiger partial charge in [-0.1, -0.05) is 13.0 Å². The van der Waals surface area contributed by atoms with Crippen LogP contribution in [0.5, 0.6) is 11.5 Å². The molecule has 0 unspecified atom stereocenters. The third-order valence-corrected chi connectivity index (χ3v) is 4.25. The fraction of sp³-hybridized carbons (Fsp3) is 0.375. The van der Waals surface area contributed by atoms with Gasteiger partial charge in [0.1, 0.15) is 11.5 Å². The maximum Gasteiger partial charge on any atom is 0.128 e. The Balaban J connectivity index is 2.42. The van der Waals surface area contributed by atoms with Crippen LogP contribution in [-0.2, 0) is 17.6 Å². The first-order valence-electron chi connectivity index (χ1n) is 6.98. The molecule has 5 heteroatoms. The molecule has 114 valence electrons. The summed E-state index contributed by atoms with van der Waals surface area (Å²) in [7, 11) is 0. The summed E-state index contributed by atoms with van der Waals surface area (Å²) in [4.78, 5) is 0.972. The van der Waals surface area contributed by atoms with E-state index in [-0.39, 0.29) is 18.1 Å². The van der Waals surface area contributed by atoms with Gasteiger partial charge in [0, 0.05) is 16.5 Å². The van der Waals surface area contributed by atoms with Gasteiger partial charge in [-0.25, -0.2) is 0 Å². The molecule has 0 aliphatic heterocycles. The average Bonchev–Trinajstić information content (AvgIpc) is 2.97. The van der Waals surface area contributed by atoms with Crippen LogP contribution in [0, 0.1) is 0 Å². The Morgan fingerprint density at radius 1 is 1.14 bits per heavy atom. The quantitative estimate of drug-likeness (QED) is 0.688. The van der Waals surface area contributed by atoms with E-state index in [0.29, 0.717) is 26.1 Å². The highest BCUT2D eigenvalue weighted by atomic mass is 32.1. The van der Waals surface area contributed by atoms with E-state index in [4.69, 9.17) is 9.84 Å². The number of rotatable bonds is 7.